The van der Waals surface area contributed by atoms with Gasteiger partial charge >= 0.3 is 0 Å². The number of phenols is 1. The molecule has 1 aromatic rings. The van der Waals surface area contributed by atoms with Crippen molar-refractivity contribution in [2.75, 3.05) is 19.7 Å². The minimum atomic E-state index is -0.256. The van der Waals surface area contributed by atoms with Crippen molar-refractivity contribution in [1.82, 2.24) is 4.90 Å². The molecule has 1 heterocycles. The topological polar surface area (TPSA) is 52.9 Å². The van der Waals surface area contributed by atoms with Gasteiger partial charge in [0.1, 0.15) is 11.5 Å². The molecule has 2 atom stereocenters. The zero-order valence-electron chi connectivity index (χ0n) is 11.7. The van der Waals surface area contributed by atoms with Gasteiger partial charge in [-0.25, -0.2) is 0 Å². The molecule has 1 aliphatic heterocycles. The third kappa shape index (κ3) is 3.61. The molecule has 0 spiro atoms. The van der Waals surface area contributed by atoms with Crippen molar-refractivity contribution in [2.45, 2.75) is 32.9 Å². The Morgan fingerprint density at radius 3 is 2.89 bits per heavy atom. The molecule has 2 unspecified atom stereocenters. The summed E-state index contributed by atoms with van der Waals surface area (Å²) in [5, 5.41) is 19.5. The second-order valence-corrected chi connectivity index (χ2v) is 5.25. The molecule has 1 fully saturated rings. The van der Waals surface area contributed by atoms with Crippen LogP contribution in [0, 0.1) is 5.92 Å². The average molecular weight is 265 g/mol. The van der Waals surface area contributed by atoms with Crippen LogP contribution in [0.15, 0.2) is 18.2 Å². The number of aliphatic hydroxyl groups is 1. The first-order valence-electron chi connectivity index (χ1n) is 6.95. The average Bonchev–Trinajstić information content (AvgIpc) is 2.82. The number of rotatable bonds is 5. The molecule has 2 N–H and O–H groups in total. The van der Waals surface area contributed by atoms with Crippen molar-refractivity contribution in [1.29, 1.82) is 0 Å². The van der Waals surface area contributed by atoms with E-state index in [1.54, 1.807) is 12.1 Å². The number of ether oxygens (including phenoxy) is 1. The number of phenolic OH excluding ortho intramolecular Hbond substituents is 1. The van der Waals surface area contributed by atoms with E-state index in [1.165, 1.54) is 0 Å². The molecule has 0 aliphatic carbocycles. The molecule has 1 saturated heterocycles. The molecule has 4 nitrogen and oxygen atoms in total. The molecule has 0 bridgehead atoms. The lowest BCUT2D eigenvalue weighted by molar-refractivity contribution is 0.127. The molecule has 0 amide bonds. The highest BCUT2D eigenvalue weighted by molar-refractivity contribution is 5.39. The maximum Gasteiger partial charge on any atom is 0.120 e. The maximum absolute atomic E-state index is 9.91. The van der Waals surface area contributed by atoms with E-state index in [-0.39, 0.29) is 6.10 Å². The van der Waals surface area contributed by atoms with Crippen LogP contribution in [0.4, 0.5) is 0 Å². The maximum atomic E-state index is 9.91. The quantitative estimate of drug-likeness (QED) is 0.855. The summed E-state index contributed by atoms with van der Waals surface area (Å²) in [6, 6.07) is 5.36. The predicted molar refractivity (Wildman–Crippen MR) is 74.3 cm³/mol. The molecule has 4 heteroatoms. The van der Waals surface area contributed by atoms with E-state index in [2.05, 4.69) is 4.90 Å². The fourth-order valence-electron chi connectivity index (χ4n) is 2.59. The van der Waals surface area contributed by atoms with Crippen LogP contribution in [0.5, 0.6) is 11.5 Å². The number of hydrogen-bond donors (Lipinski definition) is 2. The van der Waals surface area contributed by atoms with Crippen LogP contribution in [0.2, 0.25) is 0 Å². The van der Waals surface area contributed by atoms with E-state index in [1.807, 2.05) is 19.9 Å². The fourth-order valence-corrected chi connectivity index (χ4v) is 2.59. The van der Waals surface area contributed by atoms with Crippen molar-refractivity contribution in [3.8, 4) is 11.5 Å². The van der Waals surface area contributed by atoms with Crippen LogP contribution in [-0.2, 0) is 6.54 Å². The summed E-state index contributed by atoms with van der Waals surface area (Å²) in [5.41, 5.74) is 0.886. The Morgan fingerprint density at radius 1 is 1.47 bits per heavy atom. The van der Waals surface area contributed by atoms with Crippen LogP contribution in [0.3, 0.4) is 0 Å². The van der Waals surface area contributed by atoms with E-state index in [9.17, 15) is 10.2 Å². The lowest BCUT2D eigenvalue weighted by atomic mass is 10.0. The lowest BCUT2D eigenvalue weighted by Gasteiger charge is -2.18. The Morgan fingerprint density at radius 2 is 2.26 bits per heavy atom. The predicted octanol–water partition coefficient (Wildman–Crippen LogP) is 1.99. The summed E-state index contributed by atoms with van der Waals surface area (Å²) in [4.78, 5) is 2.27. The Kier molecular flexibility index (Phi) is 4.66. The normalized spacial score (nSPS) is 21.5. The molecular formula is C15H23NO3. The summed E-state index contributed by atoms with van der Waals surface area (Å²) in [7, 11) is 0. The van der Waals surface area contributed by atoms with E-state index in [4.69, 9.17) is 4.74 Å². The molecule has 0 aromatic heterocycles. The van der Waals surface area contributed by atoms with Crippen LogP contribution in [-0.4, -0.2) is 40.9 Å². The zero-order valence-corrected chi connectivity index (χ0v) is 11.7. The molecule has 2 rings (SSSR count). The number of hydrogen-bond acceptors (Lipinski definition) is 4. The SMILES string of the molecule is CCOc1ccc(O)c(CN2CCC(C(C)O)C2)c1. The number of nitrogens with zero attached hydrogens (tertiary/aromatic N) is 1. The Labute approximate surface area is 114 Å². The number of likely N-dealkylation sites (tertiary alicyclic amines) is 1. The van der Waals surface area contributed by atoms with Crippen molar-refractivity contribution in [3.05, 3.63) is 23.8 Å². The van der Waals surface area contributed by atoms with Gasteiger partial charge in [-0.05, 0) is 50.9 Å². The molecule has 1 aromatic carbocycles. The van der Waals surface area contributed by atoms with Gasteiger partial charge in [-0.2, -0.15) is 0 Å². The van der Waals surface area contributed by atoms with Gasteiger partial charge in [0.15, 0.2) is 0 Å². The summed E-state index contributed by atoms with van der Waals surface area (Å²) < 4.78 is 5.46. The highest BCUT2D eigenvalue weighted by Gasteiger charge is 2.26. The first kappa shape index (κ1) is 14.2. The van der Waals surface area contributed by atoms with Gasteiger partial charge in [-0.3, -0.25) is 4.90 Å². The smallest absolute Gasteiger partial charge is 0.120 e. The highest BCUT2D eigenvalue weighted by atomic mass is 16.5. The molecule has 19 heavy (non-hydrogen) atoms. The van der Waals surface area contributed by atoms with Gasteiger partial charge < -0.3 is 14.9 Å². The summed E-state index contributed by atoms with van der Waals surface area (Å²) in [6.45, 7) is 6.97. The Hall–Kier alpha value is -1.26. The van der Waals surface area contributed by atoms with E-state index >= 15 is 0 Å². The Balaban J connectivity index is 2.01. The number of aliphatic hydroxyl groups excluding tert-OH is 1. The van der Waals surface area contributed by atoms with Crippen molar-refractivity contribution < 1.29 is 14.9 Å². The van der Waals surface area contributed by atoms with Crippen LogP contribution in [0.25, 0.3) is 0 Å². The molecular weight excluding hydrogens is 242 g/mol. The summed E-state index contributed by atoms with van der Waals surface area (Å²) in [5.74, 6) is 1.45. The van der Waals surface area contributed by atoms with Crippen molar-refractivity contribution >= 4 is 0 Å². The van der Waals surface area contributed by atoms with E-state index < -0.39 is 0 Å². The third-order valence-electron chi connectivity index (χ3n) is 3.75. The first-order chi connectivity index (χ1) is 9.10. The molecule has 0 saturated carbocycles. The third-order valence-corrected chi connectivity index (χ3v) is 3.75. The van der Waals surface area contributed by atoms with Crippen LogP contribution in [0.1, 0.15) is 25.8 Å². The van der Waals surface area contributed by atoms with Gasteiger partial charge in [-0.1, -0.05) is 0 Å². The molecule has 1 aliphatic rings. The second kappa shape index (κ2) is 6.26. The number of benzene rings is 1. The minimum Gasteiger partial charge on any atom is -0.508 e. The van der Waals surface area contributed by atoms with Crippen LogP contribution < -0.4 is 4.74 Å². The summed E-state index contributed by atoms with van der Waals surface area (Å²) >= 11 is 0. The zero-order chi connectivity index (χ0) is 13.8. The standard InChI is InChI=1S/C15H23NO3/c1-3-19-14-4-5-15(18)13(8-14)10-16-7-6-12(9-16)11(2)17/h4-5,8,11-12,17-18H,3,6-7,9-10H2,1-2H3. The van der Waals surface area contributed by atoms with Crippen molar-refractivity contribution in [2.24, 2.45) is 5.92 Å². The lowest BCUT2D eigenvalue weighted by Crippen LogP contribution is -2.24. The monoisotopic (exact) mass is 265 g/mol. The van der Waals surface area contributed by atoms with Gasteiger partial charge in [0, 0.05) is 18.7 Å². The molecule has 0 radical (unpaired) electrons. The van der Waals surface area contributed by atoms with E-state index in [0.29, 0.717) is 24.8 Å². The summed E-state index contributed by atoms with van der Waals surface area (Å²) in [6.07, 6.45) is 0.761. The highest BCUT2D eigenvalue weighted by Crippen LogP contribution is 2.27. The van der Waals surface area contributed by atoms with Gasteiger partial charge in [-0.15, -0.1) is 0 Å². The minimum absolute atomic E-state index is 0.256. The second-order valence-electron chi connectivity index (χ2n) is 5.25. The Bertz CT molecular complexity index is 420. The number of aromatic hydroxyl groups is 1. The largest absolute Gasteiger partial charge is 0.508 e. The van der Waals surface area contributed by atoms with Crippen molar-refractivity contribution in [3.63, 3.8) is 0 Å². The molecule has 106 valence electrons. The van der Waals surface area contributed by atoms with E-state index in [0.717, 1.165) is 30.8 Å². The first-order valence-corrected chi connectivity index (χ1v) is 6.95. The van der Waals surface area contributed by atoms with Crippen LogP contribution >= 0.6 is 0 Å². The van der Waals surface area contributed by atoms with Gasteiger partial charge in [0.05, 0.1) is 12.7 Å². The van der Waals surface area contributed by atoms with Gasteiger partial charge in [0.25, 0.3) is 0 Å². The fraction of sp³-hybridized carbons (Fsp3) is 0.600. The van der Waals surface area contributed by atoms with Gasteiger partial charge in [0.2, 0.25) is 0 Å².